The number of nitrogens with two attached hydrogens (primary N) is 1. The number of nitrogens with one attached hydrogen (secondary N) is 1. The van der Waals surface area contributed by atoms with Gasteiger partial charge < -0.3 is 16.0 Å². The summed E-state index contributed by atoms with van der Waals surface area (Å²) in [5.41, 5.74) is 10.7. The lowest BCUT2D eigenvalue weighted by Gasteiger charge is -2.20. The highest BCUT2D eigenvalue weighted by atomic mass is 127. The lowest BCUT2D eigenvalue weighted by atomic mass is 9.90. The van der Waals surface area contributed by atoms with Gasteiger partial charge in [0, 0.05) is 37.1 Å². The average Bonchev–Trinajstić information content (AvgIpc) is 3.18. The van der Waals surface area contributed by atoms with Gasteiger partial charge in [-0.15, -0.1) is 24.0 Å². The second kappa shape index (κ2) is 9.73. The molecule has 1 aliphatic carbocycles. The lowest BCUT2D eigenvalue weighted by Crippen LogP contribution is -2.26. The summed E-state index contributed by atoms with van der Waals surface area (Å²) in [5.74, 6) is -0.840. The van der Waals surface area contributed by atoms with E-state index < -0.39 is 11.6 Å². The predicted octanol–water partition coefficient (Wildman–Crippen LogP) is 4.71. The molecular weight excluding hydrogens is 485 g/mol. The van der Waals surface area contributed by atoms with Gasteiger partial charge in [0.25, 0.3) is 0 Å². The van der Waals surface area contributed by atoms with Crippen molar-refractivity contribution in [2.45, 2.75) is 32.1 Å². The number of hydrogen-bond donors (Lipinski definition) is 2. The molecule has 1 heterocycles. The van der Waals surface area contributed by atoms with E-state index in [1.807, 2.05) is 0 Å². The van der Waals surface area contributed by atoms with Gasteiger partial charge in [-0.2, -0.15) is 0 Å². The number of benzene rings is 2. The fourth-order valence-electron chi connectivity index (χ4n) is 4.20. The first-order chi connectivity index (χ1) is 13.6. The van der Waals surface area contributed by atoms with Crippen LogP contribution in [0.15, 0.2) is 41.4 Å². The fourth-order valence-corrected chi connectivity index (χ4v) is 4.20. The molecule has 1 unspecified atom stereocenters. The van der Waals surface area contributed by atoms with E-state index in [1.165, 1.54) is 36.1 Å². The Kier molecular flexibility index (Phi) is 7.32. The van der Waals surface area contributed by atoms with Crippen LogP contribution in [0.25, 0.3) is 0 Å². The van der Waals surface area contributed by atoms with Gasteiger partial charge in [-0.1, -0.05) is 12.1 Å². The molecule has 29 heavy (non-hydrogen) atoms. The maximum absolute atomic E-state index is 13.5. The van der Waals surface area contributed by atoms with Gasteiger partial charge in [0.2, 0.25) is 0 Å². The maximum atomic E-state index is 13.5. The van der Waals surface area contributed by atoms with Crippen molar-refractivity contribution in [1.82, 2.24) is 0 Å². The van der Waals surface area contributed by atoms with Crippen molar-refractivity contribution < 1.29 is 8.78 Å². The molecular formula is C22H27F2IN4. The number of guanidine groups is 1. The van der Waals surface area contributed by atoms with Crippen LogP contribution in [-0.2, 0) is 12.8 Å². The molecule has 0 radical (unpaired) electrons. The fraction of sp³-hybridized carbons (Fsp3) is 0.409. The molecule has 4 nitrogen and oxygen atoms in total. The third kappa shape index (κ3) is 5.18. The van der Waals surface area contributed by atoms with E-state index in [1.54, 1.807) is 6.07 Å². The third-order valence-electron chi connectivity index (χ3n) is 5.73. The van der Waals surface area contributed by atoms with Crippen LogP contribution < -0.4 is 16.0 Å². The van der Waals surface area contributed by atoms with E-state index in [9.17, 15) is 8.78 Å². The van der Waals surface area contributed by atoms with E-state index >= 15 is 0 Å². The topological polar surface area (TPSA) is 53.6 Å². The molecule has 2 aromatic carbocycles. The number of anilines is 2. The third-order valence-corrected chi connectivity index (χ3v) is 5.73. The van der Waals surface area contributed by atoms with Crippen LogP contribution in [0.4, 0.5) is 20.2 Å². The Labute approximate surface area is 187 Å². The molecule has 1 fully saturated rings. The summed E-state index contributed by atoms with van der Waals surface area (Å²) in [6, 6.07) is 10.4. The summed E-state index contributed by atoms with van der Waals surface area (Å²) in [7, 11) is 0. The van der Waals surface area contributed by atoms with Gasteiger partial charge in [-0.3, -0.25) is 4.99 Å². The molecule has 0 spiro atoms. The summed E-state index contributed by atoms with van der Waals surface area (Å²) in [5, 5.41) is 3.27. The highest BCUT2D eigenvalue weighted by Crippen LogP contribution is 2.28. The van der Waals surface area contributed by atoms with Crippen LogP contribution in [-0.4, -0.2) is 25.6 Å². The molecule has 156 valence electrons. The molecule has 3 N–H and O–H groups in total. The van der Waals surface area contributed by atoms with E-state index in [0.717, 1.165) is 38.0 Å². The predicted molar refractivity (Wildman–Crippen MR) is 125 cm³/mol. The minimum atomic E-state index is -0.814. The Hall–Kier alpha value is -1.90. The zero-order chi connectivity index (χ0) is 19.5. The maximum Gasteiger partial charge on any atom is 0.193 e. The molecule has 1 aliphatic heterocycles. The second-order valence-electron chi connectivity index (χ2n) is 7.70. The van der Waals surface area contributed by atoms with Gasteiger partial charge >= 0.3 is 0 Å². The van der Waals surface area contributed by atoms with Gasteiger partial charge in [-0.05, 0) is 67.3 Å². The molecule has 0 amide bonds. The first-order valence-corrected chi connectivity index (χ1v) is 9.98. The minimum Gasteiger partial charge on any atom is -0.371 e. The Morgan fingerprint density at radius 2 is 1.97 bits per heavy atom. The number of fused-ring (bicyclic) bond motifs is 1. The van der Waals surface area contributed by atoms with Crippen molar-refractivity contribution in [3.63, 3.8) is 0 Å². The molecule has 0 aromatic heterocycles. The quantitative estimate of drug-likeness (QED) is 0.355. The smallest absolute Gasteiger partial charge is 0.193 e. The number of aliphatic imine (C=N–C) groups is 1. The van der Waals surface area contributed by atoms with Crippen LogP contribution >= 0.6 is 24.0 Å². The van der Waals surface area contributed by atoms with Gasteiger partial charge in [-0.25, -0.2) is 8.78 Å². The molecule has 1 atom stereocenters. The first kappa shape index (κ1) is 21.8. The molecule has 2 aromatic rings. The summed E-state index contributed by atoms with van der Waals surface area (Å²) in [4.78, 5) is 6.60. The van der Waals surface area contributed by atoms with Gasteiger partial charge in [0.1, 0.15) is 0 Å². The summed E-state index contributed by atoms with van der Waals surface area (Å²) in [6.45, 7) is 2.20. The number of halogens is 3. The second-order valence-corrected chi connectivity index (χ2v) is 7.70. The molecule has 4 rings (SSSR count). The van der Waals surface area contributed by atoms with Crippen LogP contribution in [0.5, 0.6) is 0 Å². The summed E-state index contributed by atoms with van der Waals surface area (Å²) >= 11 is 0. The lowest BCUT2D eigenvalue weighted by molar-refractivity contribution is 0.508. The first-order valence-electron chi connectivity index (χ1n) is 9.98. The van der Waals surface area contributed by atoms with E-state index in [0.29, 0.717) is 24.1 Å². The standard InChI is InChI=1S/C22H26F2N4.HI/c23-19-9-8-17(12-20(19)24)28-11-10-15(14-28)13-26-22(25)27-21-7-3-5-16-4-1-2-6-18(16)21;/h3,5,7-9,12,15H,1-2,4,6,10-11,13-14H2,(H3,25,26,27);1H. The largest absolute Gasteiger partial charge is 0.371 e. The van der Waals surface area contributed by atoms with Crippen molar-refractivity contribution >= 4 is 41.3 Å². The Balaban J connectivity index is 0.00000240. The number of hydrogen-bond acceptors (Lipinski definition) is 2. The molecule has 2 aliphatic rings. The average molecular weight is 512 g/mol. The molecule has 7 heteroatoms. The van der Waals surface area contributed by atoms with Crippen LogP contribution in [0.1, 0.15) is 30.4 Å². The zero-order valence-electron chi connectivity index (χ0n) is 16.3. The van der Waals surface area contributed by atoms with Crippen LogP contribution in [0, 0.1) is 17.6 Å². The number of rotatable bonds is 4. The van der Waals surface area contributed by atoms with E-state index in [2.05, 4.69) is 33.4 Å². The van der Waals surface area contributed by atoms with Gasteiger partial charge in [0.15, 0.2) is 17.6 Å². The van der Waals surface area contributed by atoms with Crippen molar-refractivity contribution in [2.24, 2.45) is 16.6 Å². The number of aryl methyl sites for hydroxylation is 1. The monoisotopic (exact) mass is 512 g/mol. The van der Waals surface area contributed by atoms with Crippen molar-refractivity contribution in [1.29, 1.82) is 0 Å². The highest BCUT2D eigenvalue weighted by Gasteiger charge is 2.23. The van der Waals surface area contributed by atoms with Crippen LogP contribution in [0.3, 0.4) is 0 Å². The minimum absolute atomic E-state index is 0. The molecule has 0 saturated carbocycles. The Morgan fingerprint density at radius 1 is 1.14 bits per heavy atom. The SMILES string of the molecule is I.NC(=NCC1CCN(c2ccc(F)c(F)c2)C1)Nc1cccc2c1CCCC2. The van der Waals surface area contributed by atoms with E-state index in [-0.39, 0.29) is 24.0 Å². The summed E-state index contributed by atoms with van der Waals surface area (Å²) < 4.78 is 26.6. The number of nitrogens with zero attached hydrogens (tertiary/aromatic N) is 2. The van der Waals surface area contributed by atoms with E-state index in [4.69, 9.17) is 5.73 Å². The van der Waals surface area contributed by atoms with Crippen LogP contribution in [0.2, 0.25) is 0 Å². The normalized spacial score (nSPS) is 18.9. The summed E-state index contributed by atoms with van der Waals surface area (Å²) in [6.07, 6.45) is 5.62. The van der Waals surface area contributed by atoms with Gasteiger partial charge in [0.05, 0.1) is 0 Å². The Bertz CT molecular complexity index is 887. The Morgan fingerprint density at radius 3 is 2.79 bits per heavy atom. The van der Waals surface area contributed by atoms with Crippen molar-refractivity contribution in [2.75, 3.05) is 29.9 Å². The highest BCUT2D eigenvalue weighted by molar-refractivity contribution is 14.0. The van der Waals surface area contributed by atoms with Crippen molar-refractivity contribution in [3.8, 4) is 0 Å². The molecule has 1 saturated heterocycles. The van der Waals surface area contributed by atoms with Crippen molar-refractivity contribution in [3.05, 3.63) is 59.2 Å². The zero-order valence-corrected chi connectivity index (χ0v) is 18.7. The molecule has 0 bridgehead atoms.